The molecule has 1 heteroatoms. The molecule has 0 atom stereocenters. The topological polar surface area (TPSA) is 26.0 Å². The summed E-state index contributed by atoms with van der Waals surface area (Å²) in [7, 11) is 0. The van der Waals surface area contributed by atoms with Crippen molar-refractivity contribution < 1.29 is 0 Å². The molecule has 2 N–H and O–H groups in total. The molecule has 1 aromatic rings. The van der Waals surface area contributed by atoms with Crippen LogP contribution in [-0.4, -0.2) is 0 Å². The lowest BCUT2D eigenvalue weighted by Gasteiger charge is -2.18. The van der Waals surface area contributed by atoms with E-state index in [0.717, 1.165) is 0 Å². The van der Waals surface area contributed by atoms with E-state index in [0.29, 0.717) is 18.4 Å². The Morgan fingerprint density at radius 2 is 1.69 bits per heavy atom. The van der Waals surface area contributed by atoms with E-state index in [1.807, 2.05) is 0 Å². The van der Waals surface area contributed by atoms with Crippen LogP contribution in [0.5, 0.6) is 0 Å². The van der Waals surface area contributed by atoms with Crippen molar-refractivity contribution in [1.82, 2.24) is 0 Å². The summed E-state index contributed by atoms with van der Waals surface area (Å²) in [5.41, 5.74) is 11.4. The highest BCUT2D eigenvalue weighted by Crippen LogP contribution is 2.25. The van der Waals surface area contributed by atoms with Gasteiger partial charge in [-0.1, -0.05) is 39.8 Å². The van der Waals surface area contributed by atoms with E-state index < -0.39 is 0 Å². The van der Waals surface area contributed by atoms with Crippen LogP contribution in [0.15, 0.2) is 12.1 Å². The Morgan fingerprint density at radius 3 is 2.12 bits per heavy atom. The van der Waals surface area contributed by atoms with E-state index in [-0.39, 0.29) is 0 Å². The molecule has 16 heavy (non-hydrogen) atoms. The van der Waals surface area contributed by atoms with Crippen molar-refractivity contribution in [3.63, 3.8) is 0 Å². The van der Waals surface area contributed by atoms with Gasteiger partial charge in [-0.3, -0.25) is 0 Å². The summed E-state index contributed by atoms with van der Waals surface area (Å²) in [6.45, 7) is 11.9. The molecule has 0 radical (unpaired) electrons. The summed E-state index contributed by atoms with van der Waals surface area (Å²) < 4.78 is 0. The fourth-order valence-corrected chi connectivity index (χ4v) is 2.21. The molecule has 1 rings (SSSR count). The zero-order chi connectivity index (χ0) is 12.3. The first-order chi connectivity index (χ1) is 7.45. The maximum Gasteiger partial charge on any atom is 0.0180 e. The second-order valence-electron chi connectivity index (χ2n) is 5.43. The van der Waals surface area contributed by atoms with Crippen molar-refractivity contribution in [3.8, 4) is 0 Å². The third-order valence-electron chi connectivity index (χ3n) is 3.07. The van der Waals surface area contributed by atoms with Gasteiger partial charge in [0.25, 0.3) is 0 Å². The normalized spacial score (nSPS) is 11.5. The molecule has 0 unspecified atom stereocenters. The van der Waals surface area contributed by atoms with Crippen molar-refractivity contribution in [2.24, 2.45) is 11.7 Å². The fourth-order valence-electron chi connectivity index (χ4n) is 2.21. The Balaban J connectivity index is 3.19. The zero-order valence-corrected chi connectivity index (χ0v) is 11.3. The maximum atomic E-state index is 5.77. The average molecular weight is 219 g/mol. The summed E-state index contributed by atoms with van der Waals surface area (Å²) in [4.78, 5) is 0. The molecule has 1 nitrogen and oxygen atoms in total. The summed E-state index contributed by atoms with van der Waals surface area (Å²) in [6, 6.07) is 4.63. The van der Waals surface area contributed by atoms with Gasteiger partial charge in [0.15, 0.2) is 0 Å². The zero-order valence-electron chi connectivity index (χ0n) is 11.3. The van der Waals surface area contributed by atoms with E-state index >= 15 is 0 Å². The van der Waals surface area contributed by atoms with Crippen LogP contribution in [0.2, 0.25) is 0 Å². The van der Waals surface area contributed by atoms with E-state index in [4.69, 9.17) is 5.73 Å². The molecular weight excluding hydrogens is 194 g/mol. The SMILES string of the molecule is Cc1cc(CC(C)C)c(C(C)C)cc1CN. The molecule has 1 aromatic carbocycles. The van der Waals surface area contributed by atoms with Gasteiger partial charge < -0.3 is 5.73 Å². The predicted molar refractivity (Wildman–Crippen MR) is 71.7 cm³/mol. The first-order valence-electron chi connectivity index (χ1n) is 6.28. The third kappa shape index (κ3) is 3.08. The lowest BCUT2D eigenvalue weighted by atomic mass is 9.88. The van der Waals surface area contributed by atoms with E-state index in [1.165, 1.54) is 28.7 Å². The minimum absolute atomic E-state index is 0.583. The number of hydrogen-bond acceptors (Lipinski definition) is 1. The predicted octanol–water partition coefficient (Wildman–Crippen LogP) is 3.78. The molecule has 0 aromatic heterocycles. The Kier molecular flexibility index (Phi) is 4.55. The van der Waals surface area contributed by atoms with Crippen molar-refractivity contribution in [1.29, 1.82) is 0 Å². The van der Waals surface area contributed by atoms with Crippen LogP contribution in [0, 0.1) is 12.8 Å². The van der Waals surface area contributed by atoms with Crippen LogP contribution in [0.1, 0.15) is 55.9 Å². The second-order valence-corrected chi connectivity index (χ2v) is 5.43. The van der Waals surface area contributed by atoms with Gasteiger partial charge >= 0.3 is 0 Å². The van der Waals surface area contributed by atoms with Crippen LogP contribution < -0.4 is 5.73 Å². The number of benzene rings is 1. The summed E-state index contributed by atoms with van der Waals surface area (Å²) in [5, 5.41) is 0. The van der Waals surface area contributed by atoms with Gasteiger partial charge in [-0.15, -0.1) is 0 Å². The second kappa shape index (κ2) is 5.49. The largest absolute Gasteiger partial charge is 0.326 e. The summed E-state index contributed by atoms with van der Waals surface area (Å²) >= 11 is 0. The highest BCUT2D eigenvalue weighted by atomic mass is 14.5. The number of rotatable bonds is 4. The average Bonchev–Trinajstić information content (AvgIpc) is 2.16. The fraction of sp³-hybridized carbons (Fsp3) is 0.600. The number of nitrogens with two attached hydrogens (primary N) is 1. The molecule has 0 aliphatic carbocycles. The molecule has 0 bridgehead atoms. The monoisotopic (exact) mass is 219 g/mol. The van der Waals surface area contributed by atoms with Crippen LogP contribution >= 0.6 is 0 Å². The van der Waals surface area contributed by atoms with Crippen molar-refractivity contribution in [2.75, 3.05) is 0 Å². The highest BCUT2D eigenvalue weighted by molar-refractivity contribution is 5.39. The molecule has 0 spiro atoms. The molecular formula is C15H25N. The number of hydrogen-bond donors (Lipinski definition) is 1. The first-order valence-corrected chi connectivity index (χ1v) is 6.28. The maximum absolute atomic E-state index is 5.77. The van der Waals surface area contributed by atoms with Gasteiger partial charge in [0.1, 0.15) is 0 Å². The lowest BCUT2D eigenvalue weighted by Crippen LogP contribution is -2.06. The van der Waals surface area contributed by atoms with Gasteiger partial charge in [-0.25, -0.2) is 0 Å². The Labute approximate surface area is 100 Å². The summed E-state index contributed by atoms with van der Waals surface area (Å²) in [6.07, 6.45) is 1.17. The van der Waals surface area contributed by atoms with E-state index in [1.54, 1.807) is 0 Å². The van der Waals surface area contributed by atoms with Crippen LogP contribution in [0.4, 0.5) is 0 Å². The minimum atomic E-state index is 0.583. The molecule has 0 aliphatic heterocycles. The lowest BCUT2D eigenvalue weighted by molar-refractivity contribution is 0.637. The van der Waals surface area contributed by atoms with Gasteiger partial charge in [0, 0.05) is 6.54 Å². The minimum Gasteiger partial charge on any atom is -0.326 e. The Bertz CT molecular complexity index is 351. The van der Waals surface area contributed by atoms with E-state index in [9.17, 15) is 0 Å². The Hall–Kier alpha value is -0.820. The first kappa shape index (κ1) is 13.2. The molecule has 0 heterocycles. The molecule has 90 valence electrons. The third-order valence-corrected chi connectivity index (χ3v) is 3.07. The summed E-state index contributed by atoms with van der Waals surface area (Å²) in [5.74, 6) is 1.29. The van der Waals surface area contributed by atoms with E-state index in [2.05, 4.69) is 46.8 Å². The molecule has 0 saturated carbocycles. The van der Waals surface area contributed by atoms with Crippen LogP contribution in [0.3, 0.4) is 0 Å². The molecule has 0 aliphatic rings. The van der Waals surface area contributed by atoms with Crippen molar-refractivity contribution in [3.05, 3.63) is 34.4 Å². The molecule has 0 amide bonds. The van der Waals surface area contributed by atoms with Crippen LogP contribution in [0.25, 0.3) is 0 Å². The molecule has 0 fully saturated rings. The van der Waals surface area contributed by atoms with Gasteiger partial charge in [-0.2, -0.15) is 0 Å². The molecule has 0 saturated heterocycles. The van der Waals surface area contributed by atoms with Crippen molar-refractivity contribution >= 4 is 0 Å². The van der Waals surface area contributed by atoms with Crippen LogP contribution in [-0.2, 0) is 13.0 Å². The highest BCUT2D eigenvalue weighted by Gasteiger charge is 2.11. The van der Waals surface area contributed by atoms with Gasteiger partial charge in [0.05, 0.1) is 0 Å². The quantitative estimate of drug-likeness (QED) is 0.819. The number of aryl methyl sites for hydroxylation is 1. The Morgan fingerprint density at radius 1 is 1.06 bits per heavy atom. The van der Waals surface area contributed by atoms with Gasteiger partial charge in [-0.05, 0) is 47.4 Å². The van der Waals surface area contributed by atoms with Crippen molar-refractivity contribution in [2.45, 2.75) is 53.5 Å². The standard InChI is InChI=1S/C15H25N/c1-10(2)6-13-7-12(5)14(9-16)8-15(13)11(3)4/h7-8,10-11H,6,9,16H2,1-5H3. The smallest absolute Gasteiger partial charge is 0.0180 e. The van der Waals surface area contributed by atoms with Gasteiger partial charge in [0.2, 0.25) is 0 Å².